The van der Waals surface area contributed by atoms with Gasteiger partial charge in [0, 0.05) is 18.7 Å². The first kappa shape index (κ1) is 24.2. The smallest absolute Gasteiger partial charge is 0.259 e. The Morgan fingerprint density at radius 2 is 1.72 bits per heavy atom. The number of benzene rings is 3. The maximum Gasteiger partial charge on any atom is 0.259 e. The maximum absolute atomic E-state index is 13.7. The first-order chi connectivity index (χ1) is 17.3. The molecule has 0 atom stereocenters. The van der Waals surface area contributed by atoms with Crippen LogP contribution in [0.3, 0.4) is 0 Å². The molecule has 7 nitrogen and oxygen atoms in total. The van der Waals surface area contributed by atoms with Gasteiger partial charge in [-0.15, -0.1) is 0 Å². The first-order valence-corrected chi connectivity index (χ1v) is 13.7. The van der Waals surface area contributed by atoms with Crippen molar-refractivity contribution >= 4 is 27.3 Å². The molecule has 1 fully saturated rings. The summed E-state index contributed by atoms with van der Waals surface area (Å²) in [5, 5.41) is 2.94. The minimum absolute atomic E-state index is 0.0158. The molecule has 0 aliphatic carbocycles. The Morgan fingerprint density at radius 1 is 0.944 bits per heavy atom. The largest absolute Gasteiger partial charge is 0.351 e. The molecule has 0 unspecified atom stereocenters. The lowest BCUT2D eigenvalue weighted by Crippen LogP contribution is -2.34. The average Bonchev–Trinajstić information content (AvgIpc) is 3.38. The van der Waals surface area contributed by atoms with E-state index in [2.05, 4.69) is 10.2 Å². The SMILES string of the molecule is Cc1cccc(CN2C(=O)c3ccccc3S(=O)(=O)c3ccc(C(=O)NCCN4CCCC4)cc32)c1. The van der Waals surface area contributed by atoms with Crippen LogP contribution in [-0.2, 0) is 16.4 Å². The number of hydrogen-bond donors (Lipinski definition) is 1. The lowest BCUT2D eigenvalue weighted by atomic mass is 10.1. The van der Waals surface area contributed by atoms with Gasteiger partial charge in [0.25, 0.3) is 11.8 Å². The molecule has 2 aliphatic heterocycles. The van der Waals surface area contributed by atoms with Gasteiger partial charge in [-0.3, -0.25) is 9.59 Å². The summed E-state index contributed by atoms with van der Waals surface area (Å²) in [6, 6.07) is 18.5. The van der Waals surface area contributed by atoms with Crippen LogP contribution in [0.5, 0.6) is 0 Å². The highest BCUT2D eigenvalue weighted by Crippen LogP contribution is 2.38. The predicted molar refractivity (Wildman–Crippen MR) is 138 cm³/mol. The molecule has 0 aromatic heterocycles. The van der Waals surface area contributed by atoms with Gasteiger partial charge < -0.3 is 15.1 Å². The zero-order valence-electron chi connectivity index (χ0n) is 20.2. The van der Waals surface area contributed by atoms with Gasteiger partial charge in [-0.05, 0) is 68.8 Å². The van der Waals surface area contributed by atoms with Crippen LogP contribution in [0.4, 0.5) is 5.69 Å². The second-order valence-corrected chi connectivity index (χ2v) is 11.3. The van der Waals surface area contributed by atoms with Gasteiger partial charge in [0.1, 0.15) is 0 Å². The number of sulfone groups is 1. The van der Waals surface area contributed by atoms with Crippen LogP contribution in [0, 0.1) is 6.92 Å². The Morgan fingerprint density at radius 3 is 2.50 bits per heavy atom. The van der Waals surface area contributed by atoms with Crippen LogP contribution < -0.4 is 10.2 Å². The van der Waals surface area contributed by atoms with Crippen molar-refractivity contribution in [3.8, 4) is 0 Å². The van der Waals surface area contributed by atoms with Crippen LogP contribution in [0.15, 0.2) is 76.5 Å². The molecule has 2 heterocycles. The Balaban J connectivity index is 1.53. The summed E-state index contributed by atoms with van der Waals surface area (Å²) in [5.41, 5.74) is 2.56. The number of rotatable bonds is 6. The summed E-state index contributed by atoms with van der Waals surface area (Å²) in [7, 11) is -3.98. The molecule has 36 heavy (non-hydrogen) atoms. The molecule has 0 radical (unpaired) electrons. The highest BCUT2D eigenvalue weighted by atomic mass is 32.2. The normalized spacial score (nSPS) is 16.8. The molecule has 0 saturated carbocycles. The molecular weight excluding hydrogens is 474 g/mol. The summed E-state index contributed by atoms with van der Waals surface area (Å²) in [6.45, 7) is 5.51. The lowest BCUT2D eigenvalue weighted by molar-refractivity contribution is 0.0946. The zero-order valence-corrected chi connectivity index (χ0v) is 21.1. The number of nitrogens with zero attached hydrogens (tertiary/aromatic N) is 2. The number of hydrogen-bond acceptors (Lipinski definition) is 5. The van der Waals surface area contributed by atoms with Gasteiger partial charge in [-0.1, -0.05) is 42.0 Å². The van der Waals surface area contributed by atoms with Crippen molar-refractivity contribution in [3.63, 3.8) is 0 Å². The number of nitrogens with one attached hydrogen (secondary N) is 1. The molecular formula is C28H29N3O4S. The molecule has 186 valence electrons. The van der Waals surface area contributed by atoms with Crippen molar-refractivity contribution in [2.24, 2.45) is 0 Å². The van der Waals surface area contributed by atoms with Gasteiger partial charge in [0.15, 0.2) is 0 Å². The van der Waals surface area contributed by atoms with E-state index in [1.165, 1.54) is 48.1 Å². The number of carbonyl (C=O) groups is 2. The average molecular weight is 504 g/mol. The number of amides is 2. The highest BCUT2D eigenvalue weighted by molar-refractivity contribution is 7.91. The summed E-state index contributed by atoms with van der Waals surface area (Å²) in [6.07, 6.45) is 2.36. The number of carbonyl (C=O) groups excluding carboxylic acids is 2. The van der Waals surface area contributed by atoms with E-state index in [0.29, 0.717) is 12.1 Å². The van der Waals surface area contributed by atoms with E-state index in [-0.39, 0.29) is 33.5 Å². The molecule has 1 saturated heterocycles. The molecule has 2 amide bonds. The van der Waals surface area contributed by atoms with Crippen LogP contribution in [0.1, 0.15) is 44.7 Å². The minimum atomic E-state index is -3.98. The third-order valence-corrected chi connectivity index (χ3v) is 8.65. The standard InChI is InChI=1S/C28H29N3O4S/c1-20-7-6-8-21(17-20)19-31-24-18-22(27(32)29-13-16-30-14-4-5-15-30)11-12-26(24)36(34,35)25-10-3-2-9-23(25)28(31)33/h2-3,6-12,17-18H,4-5,13-16,19H2,1H3,(H,29,32). The summed E-state index contributed by atoms with van der Waals surface area (Å²) in [5.74, 6) is -0.708. The second kappa shape index (κ2) is 9.87. The maximum atomic E-state index is 13.7. The van der Waals surface area contributed by atoms with E-state index < -0.39 is 15.7 Å². The second-order valence-electron chi connectivity index (χ2n) is 9.37. The fourth-order valence-electron chi connectivity index (χ4n) is 4.93. The Hall–Kier alpha value is -3.49. The fraction of sp³-hybridized carbons (Fsp3) is 0.286. The van der Waals surface area contributed by atoms with Crippen molar-refractivity contribution in [1.29, 1.82) is 0 Å². The monoisotopic (exact) mass is 503 g/mol. The third kappa shape index (κ3) is 4.66. The first-order valence-electron chi connectivity index (χ1n) is 12.2. The van der Waals surface area contributed by atoms with E-state index in [1.54, 1.807) is 12.1 Å². The number of fused-ring (bicyclic) bond motifs is 2. The van der Waals surface area contributed by atoms with Crippen molar-refractivity contribution in [1.82, 2.24) is 10.2 Å². The van der Waals surface area contributed by atoms with Crippen LogP contribution in [0.2, 0.25) is 0 Å². The molecule has 0 spiro atoms. The predicted octanol–water partition coefficient (Wildman–Crippen LogP) is 3.81. The van der Waals surface area contributed by atoms with E-state index in [0.717, 1.165) is 30.8 Å². The number of anilines is 1. The fourth-order valence-corrected chi connectivity index (χ4v) is 6.56. The molecule has 5 rings (SSSR count). The molecule has 2 aliphatic rings. The Labute approximate surface area is 211 Å². The van der Waals surface area contributed by atoms with Crippen LogP contribution >= 0.6 is 0 Å². The molecule has 3 aromatic rings. The zero-order chi connectivity index (χ0) is 25.3. The topological polar surface area (TPSA) is 86.8 Å². The van der Waals surface area contributed by atoms with Crippen LogP contribution in [0.25, 0.3) is 0 Å². The number of likely N-dealkylation sites (tertiary alicyclic amines) is 1. The molecule has 0 bridgehead atoms. The number of aryl methyl sites for hydroxylation is 1. The van der Waals surface area contributed by atoms with Crippen molar-refractivity contribution in [2.45, 2.75) is 36.1 Å². The van der Waals surface area contributed by atoms with E-state index in [9.17, 15) is 18.0 Å². The molecule has 8 heteroatoms. The van der Waals surface area contributed by atoms with Crippen molar-refractivity contribution < 1.29 is 18.0 Å². The Bertz CT molecular complexity index is 1430. The van der Waals surface area contributed by atoms with Crippen molar-refractivity contribution in [3.05, 3.63) is 89.0 Å². The summed E-state index contributed by atoms with van der Waals surface area (Å²) in [4.78, 5) is 30.5. The molecule has 3 aromatic carbocycles. The Kier molecular flexibility index (Phi) is 6.64. The highest BCUT2D eigenvalue weighted by Gasteiger charge is 2.36. The van der Waals surface area contributed by atoms with Gasteiger partial charge in [0.2, 0.25) is 9.84 Å². The van der Waals surface area contributed by atoms with E-state index >= 15 is 0 Å². The van der Waals surface area contributed by atoms with Gasteiger partial charge >= 0.3 is 0 Å². The van der Waals surface area contributed by atoms with Gasteiger partial charge in [-0.25, -0.2) is 8.42 Å². The van der Waals surface area contributed by atoms with Gasteiger partial charge in [0.05, 0.1) is 27.6 Å². The van der Waals surface area contributed by atoms with E-state index in [4.69, 9.17) is 0 Å². The summed E-state index contributed by atoms with van der Waals surface area (Å²) >= 11 is 0. The third-order valence-electron chi connectivity index (χ3n) is 6.79. The minimum Gasteiger partial charge on any atom is -0.351 e. The van der Waals surface area contributed by atoms with E-state index in [1.807, 2.05) is 31.2 Å². The van der Waals surface area contributed by atoms with Crippen molar-refractivity contribution in [2.75, 3.05) is 31.1 Å². The van der Waals surface area contributed by atoms with Crippen LogP contribution in [-0.4, -0.2) is 51.3 Å². The molecule has 1 N–H and O–H groups in total. The van der Waals surface area contributed by atoms with Gasteiger partial charge in [-0.2, -0.15) is 0 Å². The quantitative estimate of drug-likeness (QED) is 0.553. The lowest BCUT2D eigenvalue weighted by Gasteiger charge is -2.24. The summed E-state index contributed by atoms with van der Waals surface area (Å²) < 4.78 is 27.3.